The molecule has 1 aromatic carbocycles. The molecule has 0 saturated carbocycles. The van der Waals surface area contributed by atoms with E-state index in [1.54, 1.807) is 17.6 Å². The summed E-state index contributed by atoms with van der Waals surface area (Å²) in [5.41, 5.74) is 9.20. The quantitative estimate of drug-likeness (QED) is 0.826. The number of aromatic nitrogens is 1. The lowest BCUT2D eigenvalue weighted by Gasteiger charge is -2.09. The van der Waals surface area contributed by atoms with Crippen molar-refractivity contribution in [3.8, 4) is 0 Å². The highest BCUT2D eigenvalue weighted by atomic mass is 35.5. The Labute approximate surface area is 90.1 Å². The van der Waals surface area contributed by atoms with Gasteiger partial charge in [-0.3, -0.25) is 0 Å². The summed E-state index contributed by atoms with van der Waals surface area (Å²) >= 11 is 7.41. The van der Waals surface area contributed by atoms with Gasteiger partial charge in [0.15, 0.2) is 0 Å². The third-order valence-corrected chi connectivity index (χ3v) is 3.13. The van der Waals surface area contributed by atoms with Gasteiger partial charge in [0.25, 0.3) is 0 Å². The Morgan fingerprint density at radius 1 is 1.57 bits per heavy atom. The van der Waals surface area contributed by atoms with E-state index in [2.05, 4.69) is 4.98 Å². The zero-order valence-electron chi connectivity index (χ0n) is 7.27. The van der Waals surface area contributed by atoms with Crippen LogP contribution >= 0.6 is 22.9 Å². The van der Waals surface area contributed by atoms with Gasteiger partial charge in [-0.1, -0.05) is 11.6 Å². The number of aliphatic hydroxyl groups excluding tert-OH is 1. The maximum atomic E-state index is 8.99. The van der Waals surface area contributed by atoms with Gasteiger partial charge >= 0.3 is 0 Å². The molecule has 2 aromatic rings. The molecule has 14 heavy (non-hydrogen) atoms. The minimum absolute atomic E-state index is 0.0899. The SMILES string of the molecule is NC(CO)c1cc(Cl)cc2ncsc12. The summed E-state index contributed by atoms with van der Waals surface area (Å²) in [6.45, 7) is -0.0899. The normalized spacial score (nSPS) is 13.4. The summed E-state index contributed by atoms with van der Waals surface area (Å²) in [6, 6.07) is 3.18. The fourth-order valence-electron chi connectivity index (χ4n) is 1.33. The smallest absolute Gasteiger partial charge is 0.0830 e. The second-order valence-electron chi connectivity index (χ2n) is 2.98. The molecule has 1 unspecified atom stereocenters. The van der Waals surface area contributed by atoms with Gasteiger partial charge in [0.1, 0.15) is 0 Å². The molecular weight excluding hydrogens is 220 g/mol. The fourth-order valence-corrected chi connectivity index (χ4v) is 2.41. The molecule has 2 rings (SSSR count). The number of thiazole rings is 1. The molecule has 0 aliphatic rings. The first kappa shape index (κ1) is 9.86. The third-order valence-electron chi connectivity index (χ3n) is 2.02. The number of fused-ring (bicyclic) bond motifs is 1. The van der Waals surface area contributed by atoms with E-state index in [0.717, 1.165) is 15.8 Å². The van der Waals surface area contributed by atoms with Gasteiger partial charge in [-0.2, -0.15) is 0 Å². The van der Waals surface area contributed by atoms with Crippen molar-refractivity contribution in [2.24, 2.45) is 5.73 Å². The summed E-state index contributed by atoms with van der Waals surface area (Å²) < 4.78 is 0.996. The van der Waals surface area contributed by atoms with E-state index in [1.807, 2.05) is 0 Å². The van der Waals surface area contributed by atoms with Crippen LogP contribution in [0.4, 0.5) is 0 Å². The first-order valence-electron chi connectivity index (χ1n) is 4.11. The molecule has 0 fully saturated rings. The predicted octanol–water partition coefficient (Wildman–Crippen LogP) is 1.94. The number of aliphatic hydroxyl groups is 1. The van der Waals surface area contributed by atoms with E-state index in [4.69, 9.17) is 22.4 Å². The Balaban J connectivity index is 2.66. The summed E-state index contributed by atoms with van der Waals surface area (Å²) in [6.07, 6.45) is 0. The number of hydrogen-bond donors (Lipinski definition) is 2. The van der Waals surface area contributed by atoms with Gasteiger partial charge < -0.3 is 10.8 Å². The number of hydrogen-bond acceptors (Lipinski definition) is 4. The lowest BCUT2D eigenvalue weighted by molar-refractivity contribution is 0.268. The van der Waals surface area contributed by atoms with E-state index in [1.165, 1.54) is 11.3 Å². The predicted molar refractivity (Wildman–Crippen MR) is 58.6 cm³/mol. The maximum absolute atomic E-state index is 8.99. The molecule has 1 aromatic heterocycles. The Kier molecular flexibility index (Phi) is 2.69. The second kappa shape index (κ2) is 3.82. The van der Waals surface area contributed by atoms with E-state index in [-0.39, 0.29) is 6.61 Å². The van der Waals surface area contributed by atoms with E-state index in [9.17, 15) is 0 Å². The van der Waals surface area contributed by atoms with Gasteiger partial charge in [-0.05, 0) is 17.7 Å². The highest BCUT2D eigenvalue weighted by Crippen LogP contribution is 2.29. The first-order valence-corrected chi connectivity index (χ1v) is 5.37. The maximum Gasteiger partial charge on any atom is 0.0830 e. The van der Waals surface area contributed by atoms with Crippen molar-refractivity contribution in [1.29, 1.82) is 0 Å². The van der Waals surface area contributed by atoms with Crippen molar-refractivity contribution in [3.05, 3.63) is 28.2 Å². The topological polar surface area (TPSA) is 59.1 Å². The molecule has 0 radical (unpaired) electrons. The van der Waals surface area contributed by atoms with E-state index < -0.39 is 6.04 Å². The number of halogens is 1. The Bertz CT molecular complexity index is 457. The molecule has 0 amide bonds. The Morgan fingerprint density at radius 3 is 3.07 bits per heavy atom. The zero-order valence-corrected chi connectivity index (χ0v) is 8.85. The molecule has 0 aliphatic heterocycles. The molecule has 74 valence electrons. The summed E-state index contributed by atoms with van der Waals surface area (Å²) in [4.78, 5) is 4.15. The van der Waals surface area contributed by atoms with Crippen LogP contribution < -0.4 is 5.73 Å². The number of benzene rings is 1. The van der Waals surface area contributed by atoms with Gasteiger partial charge in [0.2, 0.25) is 0 Å². The lowest BCUT2D eigenvalue weighted by Crippen LogP contribution is -2.14. The highest BCUT2D eigenvalue weighted by molar-refractivity contribution is 7.17. The van der Waals surface area contributed by atoms with Crippen LogP contribution in [0, 0.1) is 0 Å². The highest BCUT2D eigenvalue weighted by Gasteiger charge is 2.11. The standard InChI is InChI=1S/C9H9ClN2OS/c10-5-1-6(7(11)3-13)9-8(2-5)12-4-14-9/h1-2,4,7,13H,3,11H2. The van der Waals surface area contributed by atoms with E-state index >= 15 is 0 Å². The number of nitrogens with two attached hydrogens (primary N) is 1. The molecule has 0 saturated heterocycles. The van der Waals surface area contributed by atoms with Crippen LogP contribution in [0.1, 0.15) is 11.6 Å². The zero-order chi connectivity index (χ0) is 10.1. The molecule has 0 spiro atoms. The molecule has 1 atom stereocenters. The molecule has 5 heteroatoms. The third kappa shape index (κ3) is 1.62. The van der Waals surface area contributed by atoms with Gasteiger partial charge in [0, 0.05) is 5.02 Å². The molecular formula is C9H9ClN2OS. The molecule has 0 bridgehead atoms. The summed E-state index contributed by atoms with van der Waals surface area (Å²) in [5.74, 6) is 0. The summed E-state index contributed by atoms with van der Waals surface area (Å²) in [5, 5.41) is 9.59. The van der Waals surface area contributed by atoms with Crippen LogP contribution in [-0.2, 0) is 0 Å². The second-order valence-corrected chi connectivity index (χ2v) is 4.28. The minimum atomic E-state index is -0.392. The monoisotopic (exact) mass is 228 g/mol. The minimum Gasteiger partial charge on any atom is -0.394 e. The molecule has 3 N–H and O–H groups in total. The van der Waals surface area contributed by atoms with Crippen molar-refractivity contribution in [2.45, 2.75) is 6.04 Å². The van der Waals surface area contributed by atoms with Crippen molar-refractivity contribution >= 4 is 33.2 Å². The first-order chi connectivity index (χ1) is 6.72. The van der Waals surface area contributed by atoms with Crippen LogP contribution in [0.25, 0.3) is 10.2 Å². The van der Waals surface area contributed by atoms with Gasteiger partial charge in [0.05, 0.1) is 28.4 Å². The van der Waals surface area contributed by atoms with E-state index in [0.29, 0.717) is 5.02 Å². The summed E-state index contributed by atoms with van der Waals surface area (Å²) in [7, 11) is 0. The molecule has 0 aliphatic carbocycles. The number of nitrogens with zero attached hydrogens (tertiary/aromatic N) is 1. The van der Waals surface area contributed by atoms with Gasteiger partial charge in [-0.15, -0.1) is 11.3 Å². The number of rotatable bonds is 2. The van der Waals surface area contributed by atoms with Crippen LogP contribution in [0.15, 0.2) is 17.6 Å². The lowest BCUT2D eigenvalue weighted by atomic mass is 10.1. The average molecular weight is 229 g/mol. The van der Waals surface area contributed by atoms with Crippen molar-refractivity contribution < 1.29 is 5.11 Å². The van der Waals surface area contributed by atoms with Crippen molar-refractivity contribution in [3.63, 3.8) is 0 Å². The van der Waals surface area contributed by atoms with Crippen LogP contribution in [0.2, 0.25) is 5.02 Å². The van der Waals surface area contributed by atoms with Crippen molar-refractivity contribution in [2.75, 3.05) is 6.61 Å². The fraction of sp³-hybridized carbons (Fsp3) is 0.222. The van der Waals surface area contributed by atoms with Crippen LogP contribution in [0.5, 0.6) is 0 Å². The van der Waals surface area contributed by atoms with Gasteiger partial charge in [-0.25, -0.2) is 4.98 Å². The Hall–Kier alpha value is -0.680. The van der Waals surface area contributed by atoms with Crippen molar-refractivity contribution in [1.82, 2.24) is 4.98 Å². The average Bonchev–Trinajstić information content (AvgIpc) is 2.62. The molecule has 3 nitrogen and oxygen atoms in total. The van der Waals surface area contributed by atoms with Crippen LogP contribution in [0.3, 0.4) is 0 Å². The van der Waals surface area contributed by atoms with Crippen LogP contribution in [-0.4, -0.2) is 16.7 Å². The largest absolute Gasteiger partial charge is 0.394 e. The molecule has 1 heterocycles. The Morgan fingerprint density at radius 2 is 2.36 bits per heavy atom.